The zero-order chi connectivity index (χ0) is 17.6. The van der Waals surface area contributed by atoms with Gasteiger partial charge in [0.05, 0.1) is 7.11 Å². The number of H-pyrrole nitrogens is 1. The van der Waals surface area contributed by atoms with Gasteiger partial charge in [0.15, 0.2) is 11.5 Å². The predicted octanol–water partition coefficient (Wildman–Crippen LogP) is 4.31. The highest BCUT2D eigenvalue weighted by Crippen LogP contribution is 2.34. The summed E-state index contributed by atoms with van der Waals surface area (Å²) in [5.41, 5.74) is 1.63. The molecular formula is C17H16Cl2N4O2. The van der Waals surface area contributed by atoms with Crippen molar-refractivity contribution in [3.63, 3.8) is 0 Å². The Bertz CT molecular complexity index is 820. The topological polar surface area (TPSA) is 72.1 Å². The molecule has 1 aromatic heterocycles. The molecule has 8 heteroatoms. The van der Waals surface area contributed by atoms with Gasteiger partial charge in [-0.3, -0.25) is 0 Å². The number of para-hydroxylation sites is 1. The van der Waals surface area contributed by atoms with E-state index >= 15 is 0 Å². The van der Waals surface area contributed by atoms with Crippen molar-refractivity contribution in [2.24, 2.45) is 0 Å². The average Bonchev–Trinajstić information content (AvgIpc) is 3.13. The highest BCUT2D eigenvalue weighted by molar-refractivity contribution is 6.35. The first-order valence-electron chi connectivity index (χ1n) is 7.50. The summed E-state index contributed by atoms with van der Waals surface area (Å²) in [5.74, 6) is 1.82. The van der Waals surface area contributed by atoms with Crippen molar-refractivity contribution < 1.29 is 9.47 Å². The Balaban J connectivity index is 1.81. The average molecular weight is 379 g/mol. The molecule has 0 amide bonds. The van der Waals surface area contributed by atoms with Crippen molar-refractivity contribution in [1.29, 1.82) is 0 Å². The zero-order valence-corrected chi connectivity index (χ0v) is 14.9. The third-order valence-electron chi connectivity index (χ3n) is 3.56. The van der Waals surface area contributed by atoms with Crippen LogP contribution in [0.1, 0.15) is 11.1 Å². The Labute approximate surface area is 155 Å². The number of rotatable bonds is 7. The molecule has 0 spiro atoms. The van der Waals surface area contributed by atoms with E-state index in [0.29, 0.717) is 34.0 Å². The molecule has 1 heterocycles. The summed E-state index contributed by atoms with van der Waals surface area (Å²) < 4.78 is 11.4. The standard InChI is InChI=1S/C17H16Cl2N4O2/c1-24-15-7-2-4-11(8-20-17-21-10-22-23-17)16(15)25-9-12-13(18)5-3-6-14(12)19/h2-7,10H,8-9H2,1H3,(H2,20,21,22,23). The number of methoxy groups -OCH3 is 1. The van der Waals surface area contributed by atoms with Gasteiger partial charge in [-0.1, -0.05) is 41.4 Å². The molecular weight excluding hydrogens is 363 g/mol. The Morgan fingerprint density at radius 3 is 2.56 bits per heavy atom. The van der Waals surface area contributed by atoms with Gasteiger partial charge in [-0.2, -0.15) is 5.10 Å². The molecule has 0 radical (unpaired) electrons. The van der Waals surface area contributed by atoms with Crippen LogP contribution in [0.4, 0.5) is 5.95 Å². The molecule has 0 unspecified atom stereocenters. The Kier molecular flexibility index (Phi) is 5.63. The Morgan fingerprint density at radius 1 is 1.12 bits per heavy atom. The molecule has 3 rings (SSSR count). The van der Waals surface area contributed by atoms with Crippen molar-refractivity contribution in [3.05, 3.63) is 63.9 Å². The van der Waals surface area contributed by atoms with Gasteiger partial charge in [-0.25, -0.2) is 10.1 Å². The molecule has 3 aromatic rings. The number of anilines is 1. The lowest BCUT2D eigenvalue weighted by atomic mass is 10.1. The van der Waals surface area contributed by atoms with Gasteiger partial charge >= 0.3 is 0 Å². The predicted molar refractivity (Wildman–Crippen MR) is 97.5 cm³/mol. The summed E-state index contributed by atoms with van der Waals surface area (Å²) in [6, 6.07) is 11.0. The van der Waals surface area contributed by atoms with E-state index in [-0.39, 0.29) is 6.61 Å². The minimum absolute atomic E-state index is 0.230. The highest BCUT2D eigenvalue weighted by Gasteiger charge is 2.13. The van der Waals surface area contributed by atoms with E-state index < -0.39 is 0 Å². The molecule has 25 heavy (non-hydrogen) atoms. The molecule has 2 aromatic carbocycles. The summed E-state index contributed by atoms with van der Waals surface area (Å²) in [4.78, 5) is 4.04. The van der Waals surface area contributed by atoms with E-state index in [9.17, 15) is 0 Å². The summed E-state index contributed by atoms with van der Waals surface area (Å²) in [7, 11) is 1.60. The van der Waals surface area contributed by atoms with Crippen LogP contribution in [0.25, 0.3) is 0 Å². The fraction of sp³-hybridized carbons (Fsp3) is 0.176. The van der Waals surface area contributed by atoms with E-state index in [1.807, 2.05) is 18.2 Å². The van der Waals surface area contributed by atoms with E-state index in [1.54, 1.807) is 25.3 Å². The van der Waals surface area contributed by atoms with Gasteiger partial charge in [0.2, 0.25) is 5.95 Å². The first-order chi connectivity index (χ1) is 12.2. The number of nitrogens with zero attached hydrogens (tertiary/aromatic N) is 2. The number of hydrogen-bond donors (Lipinski definition) is 2. The van der Waals surface area contributed by atoms with Crippen LogP contribution in [0, 0.1) is 0 Å². The van der Waals surface area contributed by atoms with E-state index in [1.165, 1.54) is 6.33 Å². The number of ether oxygens (including phenoxy) is 2. The second-order valence-corrected chi connectivity index (χ2v) is 5.94. The number of aromatic amines is 1. The molecule has 0 fully saturated rings. The maximum atomic E-state index is 6.21. The lowest BCUT2D eigenvalue weighted by Gasteiger charge is -2.16. The number of aromatic nitrogens is 3. The normalized spacial score (nSPS) is 10.5. The van der Waals surface area contributed by atoms with Crippen molar-refractivity contribution in [3.8, 4) is 11.5 Å². The lowest BCUT2D eigenvalue weighted by molar-refractivity contribution is 0.282. The van der Waals surface area contributed by atoms with Crippen LogP contribution in [0.15, 0.2) is 42.7 Å². The van der Waals surface area contributed by atoms with Gasteiger partial charge in [-0.15, -0.1) is 0 Å². The van der Waals surface area contributed by atoms with Crippen LogP contribution in [0.5, 0.6) is 11.5 Å². The fourth-order valence-electron chi connectivity index (χ4n) is 2.31. The first-order valence-corrected chi connectivity index (χ1v) is 8.25. The van der Waals surface area contributed by atoms with Gasteiger partial charge in [0.25, 0.3) is 0 Å². The molecule has 130 valence electrons. The summed E-state index contributed by atoms with van der Waals surface area (Å²) in [6.45, 7) is 0.714. The van der Waals surface area contributed by atoms with Crippen LogP contribution in [0.3, 0.4) is 0 Å². The highest BCUT2D eigenvalue weighted by atomic mass is 35.5. The largest absolute Gasteiger partial charge is 0.493 e. The van der Waals surface area contributed by atoms with Crippen LogP contribution >= 0.6 is 23.2 Å². The third kappa shape index (κ3) is 4.15. The summed E-state index contributed by atoms with van der Waals surface area (Å²) in [6.07, 6.45) is 1.44. The van der Waals surface area contributed by atoms with Crippen LogP contribution < -0.4 is 14.8 Å². The van der Waals surface area contributed by atoms with Crippen molar-refractivity contribution >= 4 is 29.2 Å². The number of hydrogen-bond acceptors (Lipinski definition) is 5. The van der Waals surface area contributed by atoms with E-state index in [4.69, 9.17) is 32.7 Å². The van der Waals surface area contributed by atoms with E-state index in [0.717, 1.165) is 11.1 Å². The minimum Gasteiger partial charge on any atom is -0.493 e. The summed E-state index contributed by atoms with van der Waals surface area (Å²) >= 11 is 12.4. The number of halogens is 2. The first kappa shape index (κ1) is 17.4. The van der Waals surface area contributed by atoms with Gasteiger partial charge in [-0.05, 0) is 18.2 Å². The van der Waals surface area contributed by atoms with Crippen molar-refractivity contribution in [2.45, 2.75) is 13.2 Å². The Morgan fingerprint density at radius 2 is 1.88 bits per heavy atom. The number of nitrogens with one attached hydrogen (secondary N) is 2. The molecule has 0 aliphatic rings. The second kappa shape index (κ2) is 8.09. The second-order valence-electron chi connectivity index (χ2n) is 5.13. The quantitative estimate of drug-likeness (QED) is 0.640. The van der Waals surface area contributed by atoms with Crippen molar-refractivity contribution in [2.75, 3.05) is 12.4 Å². The molecule has 0 aliphatic heterocycles. The molecule has 0 aliphatic carbocycles. The SMILES string of the molecule is COc1cccc(CNc2ncn[nH]2)c1OCc1c(Cl)cccc1Cl. The van der Waals surface area contributed by atoms with Crippen LogP contribution in [0.2, 0.25) is 10.0 Å². The maximum Gasteiger partial charge on any atom is 0.218 e. The minimum atomic E-state index is 0.230. The molecule has 6 nitrogen and oxygen atoms in total. The van der Waals surface area contributed by atoms with Gasteiger partial charge < -0.3 is 14.8 Å². The van der Waals surface area contributed by atoms with Crippen LogP contribution in [-0.4, -0.2) is 22.3 Å². The molecule has 0 atom stereocenters. The molecule has 2 N–H and O–H groups in total. The molecule has 0 bridgehead atoms. The van der Waals surface area contributed by atoms with Crippen LogP contribution in [-0.2, 0) is 13.2 Å². The third-order valence-corrected chi connectivity index (χ3v) is 4.27. The molecule has 0 saturated heterocycles. The smallest absolute Gasteiger partial charge is 0.218 e. The lowest BCUT2D eigenvalue weighted by Crippen LogP contribution is -2.06. The molecule has 0 saturated carbocycles. The van der Waals surface area contributed by atoms with Gasteiger partial charge in [0.1, 0.15) is 12.9 Å². The van der Waals surface area contributed by atoms with E-state index in [2.05, 4.69) is 20.5 Å². The van der Waals surface area contributed by atoms with Gasteiger partial charge in [0, 0.05) is 27.7 Å². The van der Waals surface area contributed by atoms with Crippen molar-refractivity contribution in [1.82, 2.24) is 15.2 Å². The monoisotopic (exact) mass is 378 g/mol. The number of benzene rings is 2. The summed E-state index contributed by atoms with van der Waals surface area (Å²) in [5, 5.41) is 10.8. The maximum absolute atomic E-state index is 6.21. The Hall–Kier alpha value is -2.44. The fourth-order valence-corrected chi connectivity index (χ4v) is 2.82. The zero-order valence-electron chi connectivity index (χ0n) is 13.4.